The van der Waals surface area contributed by atoms with Crippen LogP contribution in [-0.4, -0.2) is 143 Å². The molecule has 4 aromatic carbocycles. The highest BCUT2D eigenvalue weighted by Gasteiger charge is 2.50. The number of hydrogen-bond donors (Lipinski definition) is 0. The Morgan fingerprint density at radius 2 is 0.794 bits per heavy atom. The number of halogens is 4. The quantitative estimate of drug-likeness (QED) is 0.135. The summed E-state index contributed by atoms with van der Waals surface area (Å²) in [6, 6.07) is 29.4. The zero-order chi connectivity index (χ0) is 68.2. The molecule has 8 aliphatic heterocycles. The second-order valence-electron chi connectivity index (χ2n) is 26.1. The van der Waals surface area contributed by atoms with Gasteiger partial charge in [0.25, 0.3) is 0 Å². The number of hydrogen-bond acceptors (Lipinski definition) is 16. The Morgan fingerprint density at radius 3 is 1.11 bits per heavy atom. The first kappa shape index (κ1) is 69.6. The molecule has 4 aromatic rings. The third-order valence-corrected chi connectivity index (χ3v) is 18.0. The zero-order valence-electron chi connectivity index (χ0n) is 54.4. The molecule has 0 radical (unpaired) electrons. The maximum Gasteiger partial charge on any atom is 0.413 e. The second kappa shape index (κ2) is 32.1. The van der Waals surface area contributed by atoms with E-state index in [1.807, 2.05) is 95.3 Å². The van der Waals surface area contributed by atoms with Gasteiger partial charge in [-0.3, -0.25) is 19.6 Å². The molecule has 4 saturated heterocycles. The normalized spacial score (nSPS) is 23.4. The van der Waals surface area contributed by atoms with Gasteiger partial charge in [-0.05, 0) is 186 Å². The fourth-order valence-electron chi connectivity index (χ4n) is 11.8. The maximum absolute atomic E-state index is 12.4. The van der Waals surface area contributed by atoms with Crippen LogP contribution in [0.4, 0.5) is 19.2 Å². The largest absolute Gasteiger partial charge is 0.449 e. The van der Waals surface area contributed by atoms with Gasteiger partial charge in [-0.15, -0.1) is 0 Å². The highest BCUT2D eigenvalue weighted by Crippen LogP contribution is 2.37. The molecule has 8 heterocycles. The van der Waals surface area contributed by atoms with Gasteiger partial charge in [0.1, 0.15) is 29.0 Å². The van der Waals surface area contributed by atoms with Crippen molar-refractivity contribution in [3.63, 3.8) is 0 Å². The highest BCUT2D eigenvalue weighted by molar-refractivity contribution is 6.31. The third kappa shape index (κ3) is 18.7. The molecule has 8 unspecified atom stereocenters. The molecule has 20 nitrogen and oxygen atoms in total. The molecule has 0 bridgehead atoms. The summed E-state index contributed by atoms with van der Waals surface area (Å²) in [7, 11) is 0. The molecule has 506 valence electrons. The lowest BCUT2D eigenvalue weighted by Gasteiger charge is -2.24. The average molecular weight is 1400 g/mol. The van der Waals surface area contributed by atoms with E-state index in [2.05, 4.69) is 68.0 Å². The summed E-state index contributed by atoms with van der Waals surface area (Å²) in [4.78, 5) is 77.1. The van der Waals surface area contributed by atoms with Crippen LogP contribution in [0.1, 0.15) is 121 Å². The number of rotatable bonds is 5. The topological polar surface area (TPSA) is 205 Å². The van der Waals surface area contributed by atoms with Crippen LogP contribution in [-0.2, 0) is 38.3 Å². The van der Waals surface area contributed by atoms with E-state index < -0.39 is 18.7 Å². The SMILES string of the molecule is CC(C)(C)COC(=O)N1CCC2C(C#Cc3cccc(Cl)c3)=NOC21.CC(C)OC(=O)N1CCC2C(C#Cc3cccc(Cl)c3)=NOC21.O=C(OC1CCCC1)N1CCC2C(C#Cc3cccc(Cl)c3)=NOC21.O=C(OCC1CC1)N1CCC2C(C#Cc3cccc(Cl)c3)=NOC21. The summed E-state index contributed by atoms with van der Waals surface area (Å²) in [5, 5.41) is 18.8. The molecule has 4 amide bonds. The van der Waals surface area contributed by atoms with E-state index in [0.29, 0.717) is 88.2 Å². The molecule has 97 heavy (non-hydrogen) atoms. The molecule has 0 N–H and O–H groups in total. The van der Waals surface area contributed by atoms with Gasteiger partial charge in [-0.25, -0.2) is 19.2 Å². The van der Waals surface area contributed by atoms with Gasteiger partial charge in [-0.2, -0.15) is 0 Å². The Morgan fingerprint density at radius 1 is 0.464 bits per heavy atom. The van der Waals surface area contributed by atoms with Gasteiger partial charge in [0.05, 0.1) is 43.0 Å². The van der Waals surface area contributed by atoms with Crippen LogP contribution < -0.4 is 0 Å². The minimum absolute atomic E-state index is 0.00129. The van der Waals surface area contributed by atoms with E-state index in [-0.39, 0.29) is 71.9 Å². The van der Waals surface area contributed by atoms with Crippen molar-refractivity contribution < 1.29 is 57.5 Å². The number of oxime groups is 4. The minimum atomic E-state index is -0.420. The van der Waals surface area contributed by atoms with Crippen molar-refractivity contribution in [2.75, 3.05) is 39.4 Å². The van der Waals surface area contributed by atoms with Gasteiger partial charge >= 0.3 is 24.4 Å². The van der Waals surface area contributed by atoms with Crippen LogP contribution >= 0.6 is 46.4 Å². The van der Waals surface area contributed by atoms with Crippen molar-refractivity contribution in [1.82, 2.24) is 19.6 Å². The Balaban J connectivity index is 0.000000131. The number of carbonyl (C=O) groups excluding carboxylic acids is 4. The standard InChI is InChI=1S/C19H19ClN2O3.C19H21ClN2O3.C18H17ClN2O3.C17H17ClN2O3/c20-14-5-3-4-13(12-14)8-9-17-16-10-11-22(18(16)25-21-17)19(23)24-15-6-1-2-7-15;1-19(2,3)12-24-18(23)22-10-9-15-16(21-25-17(15)22)8-7-13-5-4-6-14(20)11-13;19-14-3-1-2-12(10-14)6-7-16-15-8-9-21(17(15)24-20-16)18(22)23-11-13-4-5-13;1-11(2)22-17(21)20-9-8-14-15(19-23-16(14)20)7-6-12-4-3-5-13(18)10-12/h3-5,12,15-16,18H,1-2,6-7,10-11H2;4-6,11,15,17H,9-10,12H2,1-3H3;1-3,10,13,15,17H,4-5,8-9,11H2;3-5,10-11,14,16H,8-9H2,1-2H3. The highest BCUT2D eigenvalue weighted by atomic mass is 35.5. The predicted octanol–water partition coefficient (Wildman–Crippen LogP) is 14.3. The Kier molecular flexibility index (Phi) is 23.0. The number of ether oxygens (including phenoxy) is 4. The lowest BCUT2D eigenvalue weighted by Crippen LogP contribution is -2.39. The number of nitrogens with zero attached hydrogens (tertiary/aromatic N) is 8. The minimum Gasteiger partial charge on any atom is -0.449 e. The molecule has 24 heteroatoms. The van der Waals surface area contributed by atoms with E-state index in [4.69, 9.17) is 84.7 Å². The van der Waals surface area contributed by atoms with Gasteiger partial charge in [0.2, 0.25) is 24.9 Å². The molecule has 2 saturated carbocycles. The van der Waals surface area contributed by atoms with E-state index >= 15 is 0 Å². The summed E-state index contributed by atoms with van der Waals surface area (Å²) in [5.74, 6) is 25.0. The smallest absolute Gasteiger partial charge is 0.413 e. The number of amides is 4. The van der Waals surface area contributed by atoms with E-state index in [1.165, 1.54) is 0 Å². The second-order valence-corrected chi connectivity index (χ2v) is 27.9. The van der Waals surface area contributed by atoms with Crippen LogP contribution in [0.3, 0.4) is 0 Å². The van der Waals surface area contributed by atoms with Crippen LogP contribution in [0.15, 0.2) is 118 Å². The first-order chi connectivity index (χ1) is 46.8. The summed E-state index contributed by atoms with van der Waals surface area (Å²) in [6.45, 7) is 12.9. The Hall–Kier alpha value is -8.76. The molecular formula is C73H74Cl4N8O12. The molecule has 14 rings (SSSR count). The Labute approximate surface area is 585 Å². The van der Waals surface area contributed by atoms with Gasteiger partial charge in [0, 0.05) is 68.5 Å². The number of carbonyl (C=O) groups is 4. The molecule has 2 aliphatic carbocycles. The van der Waals surface area contributed by atoms with E-state index in [1.54, 1.807) is 56.0 Å². The van der Waals surface area contributed by atoms with E-state index in [0.717, 1.165) is 86.5 Å². The molecule has 6 fully saturated rings. The van der Waals surface area contributed by atoms with Crippen molar-refractivity contribution in [2.24, 2.45) is 55.6 Å². The molecule has 10 aliphatic rings. The molecular weight excluding hydrogens is 1320 g/mol. The van der Waals surface area contributed by atoms with Gasteiger partial charge in [-0.1, -0.05) is 136 Å². The van der Waals surface area contributed by atoms with Crippen LogP contribution in [0.25, 0.3) is 0 Å². The Bertz CT molecular complexity index is 3990. The van der Waals surface area contributed by atoms with E-state index in [9.17, 15) is 19.2 Å². The maximum atomic E-state index is 12.4. The third-order valence-electron chi connectivity index (χ3n) is 17.0. The van der Waals surface area contributed by atoms with Gasteiger partial charge in [0.15, 0.2) is 0 Å². The number of likely N-dealkylation sites (tertiary alicyclic amines) is 4. The number of fused-ring (bicyclic) bond motifs is 4. The summed E-state index contributed by atoms with van der Waals surface area (Å²) >= 11 is 23.8. The number of benzene rings is 4. The first-order valence-corrected chi connectivity index (χ1v) is 34.2. The van der Waals surface area contributed by atoms with Crippen molar-refractivity contribution in [3.8, 4) is 47.4 Å². The first-order valence-electron chi connectivity index (χ1n) is 32.7. The van der Waals surface area contributed by atoms with Crippen molar-refractivity contribution in [3.05, 3.63) is 139 Å². The average Bonchev–Trinajstić information content (AvgIpc) is 1.67. The van der Waals surface area contributed by atoms with Gasteiger partial charge < -0.3 is 38.3 Å². The molecule has 8 atom stereocenters. The zero-order valence-corrected chi connectivity index (χ0v) is 57.4. The predicted molar refractivity (Wildman–Crippen MR) is 367 cm³/mol. The van der Waals surface area contributed by atoms with Crippen LogP contribution in [0.5, 0.6) is 0 Å². The fourth-order valence-corrected chi connectivity index (χ4v) is 12.6. The molecule has 0 spiro atoms. The summed E-state index contributed by atoms with van der Waals surface area (Å²) in [6.07, 6.45) is 6.54. The summed E-state index contributed by atoms with van der Waals surface area (Å²) < 4.78 is 21.5. The molecule has 0 aromatic heterocycles. The van der Waals surface area contributed by atoms with Crippen LogP contribution in [0.2, 0.25) is 20.1 Å². The van der Waals surface area contributed by atoms with Crippen molar-refractivity contribution in [1.29, 1.82) is 0 Å². The van der Waals surface area contributed by atoms with Crippen molar-refractivity contribution in [2.45, 2.75) is 136 Å². The fraction of sp³-hybridized carbons (Fsp3) is 0.452. The lowest BCUT2D eigenvalue weighted by atomic mass is 9.99. The van der Waals surface area contributed by atoms with Crippen molar-refractivity contribution >= 4 is 93.6 Å². The van der Waals surface area contributed by atoms with Crippen LogP contribution in [0, 0.1) is 82.4 Å². The summed E-state index contributed by atoms with van der Waals surface area (Å²) in [5.41, 5.74) is 5.90. The lowest BCUT2D eigenvalue weighted by molar-refractivity contribution is -0.0326. The monoisotopic (exact) mass is 1390 g/mol.